The molecule has 0 saturated heterocycles. The molecule has 0 bridgehead atoms. The van der Waals surface area contributed by atoms with Crippen LogP contribution < -0.4 is 15.4 Å². The second kappa shape index (κ2) is 7.56. The summed E-state index contributed by atoms with van der Waals surface area (Å²) in [6.45, 7) is 2.47. The quantitative estimate of drug-likeness (QED) is 0.696. The minimum Gasteiger partial charge on any atom is -0.494 e. The molecule has 0 spiro atoms. The van der Waals surface area contributed by atoms with Gasteiger partial charge in [0.2, 0.25) is 11.8 Å². The molecule has 2 N–H and O–H groups in total. The summed E-state index contributed by atoms with van der Waals surface area (Å²) in [5.41, 5.74) is -0.0232. The molecule has 0 heterocycles. The van der Waals surface area contributed by atoms with Crippen molar-refractivity contribution in [1.29, 1.82) is 0 Å². The average Bonchev–Trinajstić information content (AvgIpc) is 3.41. The van der Waals surface area contributed by atoms with E-state index >= 15 is 0 Å². The molecule has 5 nitrogen and oxygen atoms in total. The molecule has 7 heteroatoms. The molecule has 1 saturated carbocycles. The fraction of sp³-hybridized carbons (Fsp3) is 0.263. The number of hydrogen-bond donors (Lipinski definition) is 2. The summed E-state index contributed by atoms with van der Waals surface area (Å²) >= 11 is 11.9. The van der Waals surface area contributed by atoms with E-state index in [1.54, 1.807) is 36.4 Å². The van der Waals surface area contributed by atoms with Gasteiger partial charge in [-0.15, -0.1) is 0 Å². The number of nitrogens with one attached hydrogen (secondary N) is 2. The average molecular weight is 393 g/mol. The van der Waals surface area contributed by atoms with Gasteiger partial charge in [0.25, 0.3) is 0 Å². The van der Waals surface area contributed by atoms with Crippen molar-refractivity contribution in [2.45, 2.75) is 19.8 Å². The molecule has 0 radical (unpaired) electrons. The van der Waals surface area contributed by atoms with Crippen LogP contribution in [0, 0.1) is 5.41 Å². The maximum atomic E-state index is 12.6. The Labute approximate surface area is 161 Å². The predicted molar refractivity (Wildman–Crippen MR) is 103 cm³/mol. The van der Waals surface area contributed by atoms with Crippen LogP contribution in [0.4, 0.5) is 11.4 Å². The summed E-state index contributed by atoms with van der Waals surface area (Å²) in [7, 11) is 0. The standard InChI is InChI=1S/C19H18Cl2N2O3/c1-2-26-14-6-4-13(5-7-14)22-17(24)19(9-10-19)18(25)23-16-8-3-12(20)11-15(16)21/h3-8,11H,2,9-10H2,1H3,(H,22,24)(H,23,25). The van der Waals surface area contributed by atoms with Gasteiger partial charge < -0.3 is 15.4 Å². The Bertz CT molecular complexity index is 833. The third kappa shape index (κ3) is 3.94. The third-order valence-corrected chi connectivity index (χ3v) is 4.77. The summed E-state index contributed by atoms with van der Waals surface area (Å²) in [5, 5.41) is 6.32. The van der Waals surface area contributed by atoms with Crippen molar-refractivity contribution in [1.82, 2.24) is 0 Å². The Morgan fingerprint density at radius 3 is 2.27 bits per heavy atom. The topological polar surface area (TPSA) is 67.4 Å². The fourth-order valence-corrected chi connectivity index (χ4v) is 3.02. The summed E-state index contributed by atoms with van der Waals surface area (Å²) in [4.78, 5) is 25.2. The first-order chi connectivity index (χ1) is 12.4. The van der Waals surface area contributed by atoms with E-state index in [1.165, 1.54) is 6.07 Å². The van der Waals surface area contributed by atoms with E-state index in [2.05, 4.69) is 10.6 Å². The first-order valence-electron chi connectivity index (χ1n) is 8.25. The highest BCUT2D eigenvalue weighted by Crippen LogP contribution is 2.48. The Hall–Kier alpha value is -2.24. The summed E-state index contributed by atoms with van der Waals surface area (Å²) in [6, 6.07) is 11.8. The molecule has 0 unspecified atom stereocenters. The second-order valence-electron chi connectivity index (χ2n) is 6.07. The Kier molecular flexibility index (Phi) is 5.39. The molecule has 2 aromatic rings. The zero-order chi connectivity index (χ0) is 18.7. The van der Waals surface area contributed by atoms with E-state index < -0.39 is 5.41 Å². The number of ether oxygens (including phenoxy) is 1. The molecule has 136 valence electrons. The number of carbonyl (C=O) groups is 2. The molecule has 1 aliphatic carbocycles. The predicted octanol–water partition coefficient (Wildman–Crippen LogP) is 4.75. The van der Waals surface area contributed by atoms with E-state index in [9.17, 15) is 9.59 Å². The SMILES string of the molecule is CCOc1ccc(NC(=O)C2(C(=O)Nc3ccc(Cl)cc3Cl)CC2)cc1. The zero-order valence-electron chi connectivity index (χ0n) is 14.1. The van der Waals surface area contributed by atoms with Crippen LogP contribution in [0.15, 0.2) is 42.5 Å². The minimum atomic E-state index is -1.07. The van der Waals surface area contributed by atoms with Gasteiger partial charge in [0.05, 0.1) is 17.3 Å². The van der Waals surface area contributed by atoms with Crippen molar-refractivity contribution in [2.24, 2.45) is 5.41 Å². The largest absolute Gasteiger partial charge is 0.494 e. The lowest BCUT2D eigenvalue weighted by Gasteiger charge is -2.16. The molecule has 0 aromatic heterocycles. The monoisotopic (exact) mass is 392 g/mol. The number of rotatable bonds is 6. The van der Waals surface area contributed by atoms with E-state index in [0.29, 0.717) is 40.9 Å². The minimum absolute atomic E-state index is 0.327. The smallest absolute Gasteiger partial charge is 0.240 e. The first-order valence-corrected chi connectivity index (χ1v) is 9.01. The zero-order valence-corrected chi connectivity index (χ0v) is 15.7. The number of carbonyl (C=O) groups excluding carboxylic acids is 2. The van der Waals surface area contributed by atoms with E-state index in [1.807, 2.05) is 6.92 Å². The van der Waals surface area contributed by atoms with Gasteiger partial charge in [-0.1, -0.05) is 23.2 Å². The molecule has 2 aromatic carbocycles. The van der Waals surface area contributed by atoms with Crippen LogP contribution in [0.25, 0.3) is 0 Å². The molecule has 26 heavy (non-hydrogen) atoms. The van der Waals surface area contributed by atoms with Crippen molar-refractivity contribution < 1.29 is 14.3 Å². The maximum absolute atomic E-state index is 12.6. The van der Waals surface area contributed by atoms with Crippen molar-refractivity contribution in [3.05, 3.63) is 52.5 Å². The van der Waals surface area contributed by atoms with Crippen LogP contribution in [0.3, 0.4) is 0 Å². The lowest BCUT2D eigenvalue weighted by atomic mass is 10.0. The normalized spacial score (nSPS) is 14.4. The molecule has 3 rings (SSSR count). The molecule has 0 atom stereocenters. The highest BCUT2D eigenvalue weighted by Gasteiger charge is 2.56. The molecular formula is C19H18Cl2N2O3. The lowest BCUT2D eigenvalue weighted by molar-refractivity contribution is -0.131. The van der Waals surface area contributed by atoms with Crippen LogP contribution in [0.2, 0.25) is 10.0 Å². The molecule has 0 aliphatic heterocycles. The van der Waals surface area contributed by atoms with Gasteiger partial charge in [-0.05, 0) is 62.2 Å². The number of amides is 2. The van der Waals surface area contributed by atoms with E-state index in [4.69, 9.17) is 27.9 Å². The van der Waals surface area contributed by atoms with Crippen LogP contribution in [0.1, 0.15) is 19.8 Å². The first kappa shape index (κ1) is 18.5. The summed E-state index contributed by atoms with van der Waals surface area (Å²) < 4.78 is 5.37. The van der Waals surface area contributed by atoms with Gasteiger partial charge in [0.15, 0.2) is 0 Å². The van der Waals surface area contributed by atoms with Crippen molar-refractivity contribution in [3.8, 4) is 5.75 Å². The molecule has 1 aliphatic rings. The van der Waals surface area contributed by atoms with Gasteiger partial charge in [0, 0.05) is 10.7 Å². The Morgan fingerprint density at radius 2 is 1.69 bits per heavy atom. The van der Waals surface area contributed by atoms with Gasteiger partial charge in [-0.3, -0.25) is 9.59 Å². The maximum Gasteiger partial charge on any atom is 0.240 e. The highest BCUT2D eigenvalue weighted by molar-refractivity contribution is 6.37. The molecule has 2 amide bonds. The van der Waals surface area contributed by atoms with Crippen LogP contribution in [-0.4, -0.2) is 18.4 Å². The number of halogens is 2. The van der Waals surface area contributed by atoms with Gasteiger partial charge in [-0.2, -0.15) is 0 Å². The van der Waals surface area contributed by atoms with Crippen molar-refractivity contribution >= 4 is 46.4 Å². The number of benzene rings is 2. The number of hydrogen-bond acceptors (Lipinski definition) is 3. The van der Waals surface area contributed by atoms with Crippen LogP contribution >= 0.6 is 23.2 Å². The Balaban J connectivity index is 1.67. The lowest BCUT2D eigenvalue weighted by Crippen LogP contribution is -2.35. The highest BCUT2D eigenvalue weighted by atomic mass is 35.5. The van der Waals surface area contributed by atoms with E-state index in [0.717, 1.165) is 5.75 Å². The van der Waals surface area contributed by atoms with Gasteiger partial charge in [-0.25, -0.2) is 0 Å². The summed E-state index contributed by atoms with van der Waals surface area (Å²) in [5.74, 6) is 0.0242. The van der Waals surface area contributed by atoms with Crippen molar-refractivity contribution in [3.63, 3.8) is 0 Å². The van der Waals surface area contributed by atoms with E-state index in [-0.39, 0.29) is 11.8 Å². The van der Waals surface area contributed by atoms with Crippen LogP contribution in [0.5, 0.6) is 5.75 Å². The second-order valence-corrected chi connectivity index (χ2v) is 6.92. The Morgan fingerprint density at radius 1 is 1.04 bits per heavy atom. The fourth-order valence-electron chi connectivity index (χ4n) is 2.57. The van der Waals surface area contributed by atoms with Crippen molar-refractivity contribution in [2.75, 3.05) is 17.2 Å². The number of anilines is 2. The van der Waals surface area contributed by atoms with Crippen LogP contribution in [-0.2, 0) is 9.59 Å². The summed E-state index contributed by atoms with van der Waals surface area (Å²) in [6.07, 6.45) is 0.986. The van der Waals surface area contributed by atoms with Gasteiger partial charge >= 0.3 is 0 Å². The molecular weight excluding hydrogens is 375 g/mol. The third-order valence-electron chi connectivity index (χ3n) is 4.22. The molecule has 1 fully saturated rings. The van der Waals surface area contributed by atoms with Gasteiger partial charge in [0.1, 0.15) is 11.2 Å².